The Hall–Kier alpha value is -2.16. The van der Waals surface area contributed by atoms with Crippen molar-refractivity contribution in [3.8, 4) is 0 Å². The number of halogens is 1. The summed E-state index contributed by atoms with van der Waals surface area (Å²) in [6, 6.07) is 10.3. The van der Waals surface area contributed by atoms with Gasteiger partial charge in [0.25, 0.3) is 5.91 Å². The summed E-state index contributed by atoms with van der Waals surface area (Å²) in [4.78, 5) is 12.5. The molecule has 1 aliphatic rings. The Labute approximate surface area is 124 Å². The fourth-order valence-electron chi connectivity index (χ4n) is 2.91. The number of benzene rings is 2. The van der Waals surface area contributed by atoms with E-state index in [0.29, 0.717) is 5.69 Å². The third-order valence-electron chi connectivity index (χ3n) is 4.09. The van der Waals surface area contributed by atoms with Gasteiger partial charge >= 0.3 is 0 Å². The Kier molecular flexibility index (Phi) is 3.74. The number of amides is 1. The summed E-state index contributed by atoms with van der Waals surface area (Å²) < 4.78 is 13.3. The number of rotatable bonds is 2. The van der Waals surface area contributed by atoms with Gasteiger partial charge in [-0.25, -0.2) is 4.39 Å². The maximum Gasteiger partial charge on any atom is 0.255 e. The van der Waals surface area contributed by atoms with Crippen molar-refractivity contribution in [3.05, 3.63) is 64.5 Å². The molecule has 1 amide bonds. The lowest BCUT2D eigenvalue weighted by atomic mass is 9.88. The molecule has 1 aliphatic carbocycles. The third-order valence-corrected chi connectivity index (χ3v) is 4.09. The molecular formula is C18H18FNO. The van der Waals surface area contributed by atoms with Crippen LogP contribution in [0.15, 0.2) is 36.4 Å². The molecule has 1 N–H and O–H groups in total. The van der Waals surface area contributed by atoms with Crippen LogP contribution in [0.3, 0.4) is 0 Å². The second-order valence-corrected chi connectivity index (χ2v) is 5.56. The Morgan fingerprint density at radius 1 is 1.14 bits per heavy atom. The molecule has 0 fully saturated rings. The molecule has 2 aromatic carbocycles. The Bertz CT molecular complexity index is 694. The topological polar surface area (TPSA) is 29.1 Å². The number of carbonyl (C=O) groups is 1. The summed E-state index contributed by atoms with van der Waals surface area (Å²) in [5.41, 5.74) is 4.53. The second-order valence-electron chi connectivity index (χ2n) is 5.56. The van der Waals surface area contributed by atoms with Gasteiger partial charge in [0, 0.05) is 11.3 Å². The van der Waals surface area contributed by atoms with Crippen molar-refractivity contribution in [3.63, 3.8) is 0 Å². The van der Waals surface area contributed by atoms with Gasteiger partial charge in [-0.2, -0.15) is 0 Å². The molecule has 0 aromatic heterocycles. The first-order chi connectivity index (χ1) is 10.1. The highest BCUT2D eigenvalue weighted by Gasteiger charge is 2.18. The lowest BCUT2D eigenvalue weighted by Gasteiger charge is -2.19. The summed E-state index contributed by atoms with van der Waals surface area (Å²) in [6.07, 6.45) is 4.29. The van der Waals surface area contributed by atoms with E-state index in [-0.39, 0.29) is 11.7 Å². The third kappa shape index (κ3) is 2.82. The van der Waals surface area contributed by atoms with E-state index < -0.39 is 0 Å². The van der Waals surface area contributed by atoms with Crippen molar-refractivity contribution in [1.82, 2.24) is 0 Å². The molecule has 3 rings (SSSR count). The van der Waals surface area contributed by atoms with Gasteiger partial charge in [-0.3, -0.25) is 4.79 Å². The molecule has 0 heterocycles. The molecule has 21 heavy (non-hydrogen) atoms. The minimum absolute atomic E-state index is 0.151. The molecule has 0 radical (unpaired) electrons. The standard InChI is InChI=1S/C18H18FNO/c1-12-9-10-14(19)11-17(12)20-18(21)16-8-4-6-13-5-2-3-7-15(13)16/h4,6,8-11H,2-3,5,7H2,1H3,(H,20,21). The summed E-state index contributed by atoms with van der Waals surface area (Å²) in [6.45, 7) is 1.86. The molecule has 0 atom stereocenters. The fraction of sp³-hybridized carbons (Fsp3) is 0.278. The zero-order chi connectivity index (χ0) is 14.8. The van der Waals surface area contributed by atoms with Crippen LogP contribution in [0.25, 0.3) is 0 Å². The molecule has 0 aliphatic heterocycles. The van der Waals surface area contributed by atoms with Crippen molar-refractivity contribution in [2.24, 2.45) is 0 Å². The molecule has 0 saturated carbocycles. The van der Waals surface area contributed by atoms with E-state index >= 15 is 0 Å². The molecule has 0 unspecified atom stereocenters. The summed E-state index contributed by atoms with van der Waals surface area (Å²) in [5, 5.41) is 2.84. The van der Waals surface area contributed by atoms with Crippen LogP contribution in [-0.2, 0) is 12.8 Å². The number of aryl methyl sites for hydroxylation is 2. The highest BCUT2D eigenvalue weighted by molar-refractivity contribution is 6.05. The average Bonchev–Trinajstić information content (AvgIpc) is 2.50. The minimum atomic E-state index is -0.342. The molecule has 2 nitrogen and oxygen atoms in total. The maximum atomic E-state index is 13.3. The molecule has 108 valence electrons. The van der Waals surface area contributed by atoms with Crippen LogP contribution in [-0.4, -0.2) is 5.91 Å². The molecule has 3 heteroatoms. The zero-order valence-corrected chi connectivity index (χ0v) is 12.1. The quantitative estimate of drug-likeness (QED) is 0.876. The lowest BCUT2D eigenvalue weighted by Crippen LogP contribution is -2.17. The highest BCUT2D eigenvalue weighted by atomic mass is 19.1. The van der Waals surface area contributed by atoms with Crippen molar-refractivity contribution in [2.45, 2.75) is 32.6 Å². The first-order valence-electron chi connectivity index (χ1n) is 7.33. The van der Waals surface area contributed by atoms with Crippen LogP contribution in [0.2, 0.25) is 0 Å². The lowest BCUT2D eigenvalue weighted by molar-refractivity contribution is 0.102. The number of anilines is 1. The Morgan fingerprint density at radius 3 is 2.81 bits per heavy atom. The molecule has 0 bridgehead atoms. The van der Waals surface area contributed by atoms with Gasteiger partial charge in [-0.1, -0.05) is 18.2 Å². The van der Waals surface area contributed by atoms with E-state index in [9.17, 15) is 9.18 Å². The largest absolute Gasteiger partial charge is 0.322 e. The first-order valence-corrected chi connectivity index (χ1v) is 7.33. The van der Waals surface area contributed by atoms with Gasteiger partial charge in [0.1, 0.15) is 5.82 Å². The van der Waals surface area contributed by atoms with Gasteiger partial charge in [0.2, 0.25) is 0 Å². The Morgan fingerprint density at radius 2 is 1.95 bits per heavy atom. The van der Waals surface area contributed by atoms with Crippen molar-refractivity contribution in [1.29, 1.82) is 0 Å². The summed E-state index contributed by atoms with van der Waals surface area (Å²) in [7, 11) is 0. The number of hydrogen-bond acceptors (Lipinski definition) is 1. The monoisotopic (exact) mass is 283 g/mol. The van der Waals surface area contributed by atoms with E-state index in [2.05, 4.69) is 11.4 Å². The van der Waals surface area contributed by atoms with E-state index in [1.165, 1.54) is 24.1 Å². The highest BCUT2D eigenvalue weighted by Crippen LogP contribution is 2.25. The molecule has 2 aromatic rings. The minimum Gasteiger partial charge on any atom is -0.322 e. The predicted octanol–water partition coefficient (Wildman–Crippen LogP) is 4.27. The average molecular weight is 283 g/mol. The second kappa shape index (κ2) is 5.68. The van der Waals surface area contributed by atoms with Crippen LogP contribution < -0.4 is 5.32 Å². The van der Waals surface area contributed by atoms with Crippen molar-refractivity contribution < 1.29 is 9.18 Å². The van der Waals surface area contributed by atoms with Crippen molar-refractivity contribution >= 4 is 11.6 Å². The molecular weight excluding hydrogens is 265 g/mol. The van der Waals surface area contributed by atoms with E-state index in [4.69, 9.17) is 0 Å². The number of fused-ring (bicyclic) bond motifs is 1. The number of hydrogen-bond donors (Lipinski definition) is 1. The SMILES string of the molecule is Cc1ccc(F)cc1NC(=O)c1cccc2c1CCCC2. The normalized spacial score (nSPS) is 13.6. The zero-order valence-electron chi connectivity index (χ0n) is 12.1. The van der Waals surface area contributed by atoms with Crippen LogP contribution in [0.4, 0.5) is 10.1 Å². The number of carbonyl (C=O) groups excluding carboxylic acids is 1. The smallest absolute Gasteiger partial charge is 0.255 e. The predicted molar refractivity (Wildman–Crippen MR) is 82.2 cm³/mol. The first kappa shape index (κ1) is 13.8. The van der Waals surface area contributed by atoms with Gasteiger partial charge in [0.05, 0.1) is 0 Å². The van der Waals surface area contributed by atoms with Gasteiger partial charge in [-0.05, 0) is 67.5 Å². The Balaban J connectivity index is 1.91. The van der Waals surface area contributed by atoms with Crippen molar-refractivity contribution in [2.75, 3.05) is 5.32 Å². The van der Waals surface area contributed by atoms with Gasteiger partial charge in [-0.15, -0.1) is 0 Å². The van der Waals surface area contributed by atoms with Crippen LogP contribution in [0, 0.1) is 12.7 Å². The number of nitrogens with one attached hydrogen (secondary N) is 1. The summed E-state index contributed by atoms with van der Waals surface area (Å²) in [5.74, 6) is -0.492. The van der Waals surface area contributed by atoms with Crippen LogP contribution in [0.5, 0.6) is 0 Å². The van der Waals surface area contributed by atoms with Gasteiger partial charge in [0.15, 0.2) is 0 Å². The van der Waals surface area contributed by atoms with Crippen LogP contribution in [0.1, 0.15) is 39.9 Å². The summed E-state index contributed by atoms with van der Waals surface area (Å²) >= 11 is 0. The van der Waals surface area contributed by atoms with E-state index in [0.717, 1.165) is 36.0 Å². The fourth-order valence-corrected chi connectivity index (χ4v) is 2.91. The van der Waals surface area contributed by atoms with Crippen LogP contribution >= 0.6 is 0 Å². The molecule has 0 saturated heterocycles. The van der Waals surface area contributed by atoms with E-state index in [1.807, 2.05) is 19.1 Å². The molecule has 0 spiro atoms. The van der Waals surface area contributed by atoms with Gasteiger partial charge < -0.3 is 5.32 Å². The van der Waals surface area contributed by atoms with E-state index in [1.54, 1.807) is 6.07 Å². The maximum absolute atomic E-state index is 13.3.